The number of nitriles is 1. The molecular weight excluding hydrogens is 184 g/mol. The molecule has 0 radical (unpaired) electrons. The Hall–Kier alpha value is -2.09. The second-order valence-corrected chi connectivity index (χ2v) is 2.66. The minimum absolute atomic E-state index is 0.0737. The fraction of sp³-hybridized carbons (Fsp3) is 0.222. The first kappa shape index (κ1) is 9.99. The van der Waals surface area contributed by atoms with Crippen molar-refractivity contribution in [3.8, 4) is 6.07 Å². The van der Waals surface area contributed by atoms with Gasteiger partial charge in [0.1, 0.15) is 11.6 Å². The number of ether oxygens (including phenoxy) is 1. The van der Waals surface area contributed by atoms with Crippen molar-refractivity contribution < 1.29 is 9.53 Å². The molecule has 0 fully saturated rings. The Morgan fingerprint density at radius 2 is 2.29 bits per heavy atom. The number of esters is 1. The van der Waals surface area contributed by atoms with E-state index in [9.17, 15) is 9.59 Å². The first-order valence-electron chi connectivity index (χ1n) is 3.79. The lowest BCUT2D eigenvalue weighted by Gasteiger charge is -2.02. The largest absolute Gasteiger partial charge is 0.465 e. The number of hydrogen-bond acceptors (Lipinski definition) is 4. The standard InChI is InChI=1S/C9H8N2O3/c1-11-5-7(9(13)14-2)3-6(4-10)8(11)12/h3,5H,1-2H3. The van der Waals surface area contributed by atoms with Gasteiger partial charge in [-0.15, -0.1) is 0 Å². The smallest absolute Gasteiger partial charge is 0.339 e. The van der Waals surface area contributed by atoms with Gasteiger partial charge in [-0.05, 0) is 6.07 Å². The fourth-order valence-electron chi connectivity index (χ4n) is 1.02. The molecule has 1 rings (SSSR count). The van der Waals surface area contributed by atoms with Crippen LogP contribution in [0.25, 0.3) is 0 Å². The molecule has 0 amide bonds. The van der Waals surface area contributed by atoms with Crippen molar-refractivity contribution in [3.05, 3.63) is 33.7 Å². The van der Waals surface area contributed by atoms with Gasteiger partial charge in [0, 0.05) is 13.2 Å². The van der Waals surface area contributed by atoms with Gasteiger partial charge in [-0.1, -0.05) is 0 Å². The van der Waals surface area contributed by atoms with E-state index in [0.717, 1.165) is 0 Å². The zero-order valence-electron chi connectivity index (χ0n) is 7.77. The van der Waals surface area contributed by atoms with Gasteiger partial charge in [0.15, 0.2) is 0 Å². The van der Waals surface area contributed by atoms with E-state index in [-0.39, 0.29) is 11.1 Å². The molecule has 0 atom stereocenters. The highest BCUT2D eigenvalue weighted by molar-refractivity contribution is 5.89. The van der Waals surface area contributed by atoms with Crippen molar-refractivity contribution in [1.82, 2.24) is 4.57 Å². The van der Waals surface area contributed by atoms with Gasteiger partial charge in [-0.25, -0.2) is 4.79 Å². The second kappa shape index (κ2) is 3.75. The molecule has 14 heavy (non-hydrogen) atoms. The molecule has 0 N–H and O–H groups in total. The quantitative estimate of drug-likeness (QED) is 0.589. The molecule has 0 saturated heterocycles. The number of carbonyl (C=O) groups excluding carboxylic acids is 1. The average Bonchev–Trinajstić information content (AvgIpc) is 2.20. The number of methoxy groups -OCH3 is 1. The molecule has 0 spiro atoms. The topological polar surface area (TPSA) is 72.1 Å². The van der Waals surface area contributed by atoms with Crippen LogP contribution in [0, 0.1) is 11.3 Å². The van der Waals surface area contributed by atoms with Crippen molar-refractivity contribution in [2.45, 2.75) is 0 Å². The summed E-state index contributed by atoms with van der Waals surface area (Å²) in [6.45, 7) is 0. The van der Waals surface area contributed by atoms with Gasteiger partial charge >= 0.3 is 5.97 Å². The third kappa shape index (κ3) is 1.64. The molecule has 1 aromatic rings. The molecule has 0 aliphatic rings. The summed E-state index contributed by atoms with van der Waals surface area (Å²) < 4.78 is 5.64. The van der Waals surface area contributed by atoms with Gasteiger partial charge in [-0.2, -0.15) is 5.26 Å². The third-order valence-electron chi connectivity index (χ3n) is 1.72. The van der Waals surface area contributed by atoms with Crippen LogP contribution in [0.15, 0.2) is 17.1 Å². The Kier molecular flexibility index (Phi) is 2.67. The number of aromatic nitrogens is 1. The minimum atomic E-state index is -0.572. The highest BCUT2D eigenvalue weighted by atomic mass is 16.5. The van der Waals surface area contributed by atoms with E-state index in [4.69, 9.17) is 5.26 Å². The predicted octanol–water partition coefficient (Wildman–Crippen LogP) is 0.0436. The summed E-state index contributed by atoms with van der Waals surface area (Å²) in [6, 6.07) is 2.93. The third-order valence-corrected chi connectivity index (χ3v) is 1.72. The maximum Gasteiger partial charge on any atom is 0.339 e. The number of aryl methyl sites for hydroxylation is 1. The lowest BCUT2D eigenvalue weighted by molar-refractivity contribution is 0.0599. The van der Waals surface area contributed by atoms with Crippen molar-refractivity contribution >= 4 is 5.97 Å². The summed E-state index contributed by atoms with van der Waals surface area (Å²) in [6.07, 6.45) is 1.33. The molecule has 0 aromatic carbocycles. The molecule has 5 heteroatoms. The summed E-state index contributed by atoms with van der Waals surface area (Å²) in [5, 5.41) is 8.61. The SMILES string of the molecule is COC(=O)c1cc(C#N)c(=O)n(C)c1. The van der Waals surface area contributed by atoms with E-state index < -0.39 is 11.5 Å². The summed E-state index contributed by atoms with van der Waals surface area (Å²) in [5.74, 6) is -0.572. The van der Waals surface area contributed by atoms with Crippen LogP contribution in [0.4, 0.5) is 0 Å². The second-order valence-electron chi connectivity index (χ2n) is 2.66. The predicted molar refractivity (Wildman–Crippen MR) is 47.7 cm³/mol. The van der Waals surface area contributed by atoms with Crippen LogP contribution < -0.4 is 5.56 Å². The summed E-state index contributed by atoms with van der Waals surface area (Å²) in [7, 11) is 2.70. The van der Waals surface area contributed by atoms with Crippen LogP contribution in [0.3, 0.4) is 0 Å². The lowest BCUT2D eigenvalue weighted by atomic mass is 10.2. The molecule has 72 valence electrons. The van der Waals surface area contributed by atoms with Gasteiger partial charge in [0.25, 0.3) is 5.56 Å². The Morgan fingerprint density at radius 3 is 2.79 bits per heavy atom. The van der Waals surface area contributed by atoms with Crippen LogP contribution in [0.1, 0.15) is 15.9 Å². The number of pyridine rings is 1. The van der Waals surface area contributed by atoms with Gasteiger partial charge in [-0.3, -0.25) is 4.79 Å². The minimum Gasteiger partial charge on any atom is -0.465 e. The van der Waals surface area contributed by atoms with E-state index in [0.29, 0.717) is 0 Å². The molecule has 1 aromatic heterocycles. The lowest BCUT2D eigenvalue weighted by Crippen LogP contribution is -2.21. The maximum absolute atomic E-state index is 11.3. The van der Waals surface area contributed by atoms with Crippen LogP contribution in [-0.4, -0.2) is 17.6 Å². The molecule has 5 nitrogen and oxygen atoms in total. The van der Waals surface area contributed by atoms with E-state index in [2.05, 4.69) is 4.74 Å². The van der Waals surface area contributed by atoms with Crippen LogP contribution >= 0.6 is 0 Å². The van der Waals surface area contributed by atoms with Crippen molar-refractivity contribution in [1.29, 1.82) is 5.26 Å². The van der Waals surface area contributed by atoms with Gasteiger partial charge in [0.05, 0.1) is 12.7 Å². The molecule has 0 bridgehead atoms. The Labute approximate surface area is 80.1 Å². The number of hydrogen-bond donors (Lipinski definition) is 0. The number of carbonyl (C=O) groups is 1. The van der Waals surface area contributed by atoms with Crippen molar-refractivity contribution in [2.75, 3.05) is 7.11 Å². The van der Waals surface area contributed by atoms with Crippen molar-refractivity contribution in [3.63, 3.8) is 0 Å². The van der Waals surface area contributed by atoms with E-state index in [1.54, 1.807) is 6.07 Å². The molecule has 0 aliphatic carbocycles. The number of rotatable bonds is 1. The molecule has 0 unspecified atom stereocenters. The monoisotopic (exact) mass is 192 g/mol. The number of nitrogens with zero attached hydrogens (tertiary/aromatic N) is 2. The first-order chi connectivity index (χ1) is 6.60. The Balaban J connectivity index is 3.39. The van der Waals surface area contributed by atoms with Crippen LogP contribution in [0.5, 0.6) is 0 Å². The first-order valence-corrected chi connectivity index (χ1v) is 3.79. The van der Waals surface area contributed by atoms with Gasteiger partial charge < -0.3 is 9.30 Å². The van der Waals surface area contributed by atoms with Gasteiger partial charge in [0.2, 0.25) is 0 Å². The Bertz CT molecular complexity index is 468. The zero-order chi connectivity index (χ0) is 10.7. The van der Waals surface area contributed by atoms with E-state index >= 15 is 0 Å². The fourth-order valence-corrected chi connectivity index (χ4v) is 1.02. The zero-order valence-corrected chi connectivity index (χ0v) is 7.77. The normalized spacial score (nSPS) is 9.21. The maximum atomic E-state index is 11.3. The molecule has 0 aliphatic heterocycles. The highest BCUT2D eigenvalue weighted by Crippen LogP contribution is 2.00. The van der Waals surface area contributed by atoms with Crippen molar-refractivity contribution in [2.24, 2.45) is 7.05 Å². The van der Waals surface area contributed by atoms with Crippen LogP contribution in [0.2, 0.25) is 0 Å². The van der Waals surface area contributed by atoms with Crippen LogP contribution in [-0.2, 0) is 11.8 Å². The molecule has 0 saturated carbocycles. The van der Waals surface area contributed by atoms with E-state index in [1.807, 2.05) is 0 Å². The summed E-state index contributed by atoms with van der Waals surface area (Å²) in [4.78, 5) is 22.3. The van der Waals surface area contributed by atoms with E-state index in [1.165, 1.54) is 31.0 Å². The molecule has 1 heterocycles. The summed E-state index contributed by atoms with van der Waals surface area (Å²) >= 11 is 0. The summed E-state index contributed by atoms with van der Waals surface area (Å²) in [5.41, 5.74) is -0.318. The average molecular weight is 192 g/mol. The Morgan fingerprint density at radius 1 is 1.64 bits per heavy atom. The molecular formula is C9H8N2O3. The highest BCUT2D eigenvalue weighted by Gasteiger charge is 2.10.